The number of fused-ring (bicyclic) bond motifs is 8. The van der Waals surface area contributed by atoms with Crippen molar-refractivity contribution < 1.29 is 19.5 Å². The predicted molar refractivity (Wildman–Crippen MR) is 217 cm³/mol. The molecule has 0 amide bonds. The second-order valence-electron chi connectivity index (χ2n) is 13.8. The molecule has 7 rings (SSSR count). The molecule has 2 aliphatic rings. The Morgan fingerprint density at radius 2 is 1.06 bits per heavy atom. The number of rotatable bonds is 14. The van der Waals surface area contributed by atoms with Gasteiger partial charge in [-0.2, -0.15) is 0 Å². The molecule has 4 aromatic heterocycles. The third kappa shape index (κ3) is 8.29. The summed E-state index contributed by atoms with van der Waals surface area (Å²) in [4.78, 5) is 27.1. The number of unbranched alkanes of at least 4 members (excludes halogenated alkanes) is 8. The second kappa shape index (κ2) is 17.7. The van der Waals surface area contributed by atoms with E-state index in [0.29, 0.717) is 0 Å². The number of hydrogen-bond acceptors (Lipinski definition) is 4. The Morgan fingerprint density at radius 3 is 1.58 bits per heavy atom. The third-order valence-corrected chi connectivity index (χ3v) is 10.4. The van der Waals surface area contributed by atoms with Gasteiger partial charge in [0.05, 0.1) is 22.8 Å². The van der Waals surface area contributed by atoms with Crippen molar-refractivity contribution >= 4 is 59.0 Å². The first-order chi connectivity index (χ1) is 25.0. The first-order valence-electron chi connectivity index (χ1n) is 18.8. The molecular formula is C44H48N6SZn. The summed E-state index contributed by atoms with van der Waals surface area (Å²) >= 11 is 4.59. The van der Waals surface area contributed by atoms with Gasteiger partial charge in [0.2, 0.25) is 0 Å². The van der Waals surface area contributed by atoms with E-state index in [1.807, 2.05) is 31.6 Å². The van der Waals surface area contributed by atoms with E-state index >= 15 is 0 Å². The molecule has 5 aromatic rings. The summed E-state index contributed by atoms with van der Waals surface area (Å²) in [6, 6.07) is 16.9. The van der Waals surface area contributed by atoms with Crippen molar-refractivity contribution in [3.05, 3.63) is 94.8 Å². The number of aryl methyl sites for hydroxylation is 3. The van der Waals surface area contributed by atoms with Gasteiger partial charge in [0.1, 0.15) is 5.82 Å². The van der Waals surface area contributed by atoms with Crippen LogP contribution >= 0.6 is 12.6 Å². The molecule has 2 aliphatic heterocycles. The average molecular weight is 758 g/mol. The van der Waals surface area contributed by atoms with Crippen LogP contribution < -0.4 is 9.97 Å². The van der Waals surface area contributed by atoms with Crippen molar-refractivity contribution in [3.63, 3.8) is 0 Å². The van der Waals surface area contributed by atoms with E-state index in [1.165, 1.54) is 62.5 Å². The Balaban J connectivity index is 0.00000464. The van der Waals surface area contributed by atoms with Crippen molar-refractivity contribution in [1.29, 1.82) is 0 Å². The van der Waals surface area contributed by atoms with E-state index in [9.17, 15) is 0 Å². The standard InChI is InChI=1S/C44H48N6S.Zn/c1-4-6-8-10-12-14-32-34-20-24-38(46-34)42(30-16-18-31(51)19-17-30)39-25-21-35(47-39)33(15-13-11-9-7-5-2)37-23-27-41(49-37)43(40-26-22-36(32)48-40)44-45-28-29-50(44)3;/h16-29H,4-15H2,1-3H3,(H-2,45,46,47,48,49,51);/q-2;+2. The molecule has 262 valence electrons. The van der Waals surface area contributed by atoms with Gasteiger partial charge in [-0.1, -0.05) is 102 Å². The zero-order valence-electron chi connectivity index (χ0n) is 30.9. The van der Waals surface area contributed by atoms with Crippen LogP contribution in [-0.2, 0) is 39.4 Å². The molecule has 0 atom stereocenters. The largest absolute Gasteiger partial charge is 2.00 e. The van der Waals surface area contributed by atoms with E-state index in [1.54, 1.807) is 0 Å². The van der Waals surface area contributed by atoms with Crippen LogP contribution in [0.15, 0.2) is 65.8 Å². The molecule has 0 N–H and O–H groups in total. The van der Waals surface area contributed by atoms with E-state index in [-0.39, 0.29) is 19.5 Å². The minimum Gasteiger partial charge on any atom is -0.657 e. The molecule has 0 spiro atoms. The zero-order valence-corrected chi connectivity index (χ0v) is 34.8. The summed E-state index contributed by atoms with van der Waals surface area (Å²) < 4.78 is 2.06. The van der Waals surface area contributed by atoms with Gasteiger partial charge in [-0.25, -0.2) is 15.0 Å². The maximum atomic E-state index is 5.36. The van der Waals surface area contributed by atoms with E-state index in [2.05, 4.69) is 91.7 Å². The average Bonchev–Trinajstić information content (AvgIpc) is 3.99. The van der Waals surface area contributed by atoms with E-state index < -0.39 is 0 Å². The minimum atomic E-state index is 0. The molecule has 1 aromatic carbocycles. The Morgan fingerprint density at radius 1 is 0.577 bits per heavy atom. The van der Waals surface area contributed by atoms with E-state index in [0.717, 1.165) is 97.9 Å². The number of imidazole rings is 1. The van der Waals surface area contributed by atoms with Crippen LogP contribution in [0.5, 0.6) is 0 Å². The Bertz CT molecular complexity index is 2210. The Hall–Kier alpha value is -4.00. The monoisotopic (exact) mass is 756 g/mol. The molecule has 0 unspecified atom stereocenters. The molecule has 8 bridgehead atoms. The molecule has 0 fully saturated rings. The van der Waals surface area contributed by atoms with Gasteiger partial charge in [0.25, 0.3) is 0 Å². The van der Waals surface area contributed by atoms with Crippen LogP contribution in [0.4, 0.5) is 0 Å². The van der Waals surface area contributed by atoms with Crippen molar-refractivity contribution in [3.8, 4) is 22.5 Å². The summed E-state index contributed by atoms with van der Waals surface area (Å²) in [6.45, 7) is 4.52. The third-order valence-electron chi connectivity index (χ3n) is 10.1. The molecular weight excluding hydrogens is 710 g/mol. The van der Waals surface area contributed by atoms with Gasteiger partial charge in [-0.3, -0.25) is 0 Å². The fourth-order valence-electron chi connectivity index (χ4n) is 7.29. The number of hydrogen-bond donors (Lipinski definition) is 1. The number of nitrogens with zero attached hydrogens (tertiary/aromatic N) is 6. The van der Waals surface area contributed by atoms with Crippen molar-refractivity contribution in [2.75, 3.05) is 0 Å². The van der Waals surface area contributed by atoms with Crippen LogP contribution in [0.2, 0.25) is 0 Å². The quantitative estimate of drug-likeness (QED) is 0.0679. The van der Waals surface area contributed by atoms with Crippen molar-refractivity contribution in [1.82, 2.24) is 29.5 Å². The summed E-state index contributed by atoms with van der Waals surface area (Å²) in [7, 11) is 2.03. The SMILES string of the molecule is CCCCCCCc1c2nc(c(-c3nccn3C)c3ccc([n-]3)c(CCCCCCC)c3nc(c(-c4ccc(S)cc4)c4ccc1[n-]4)C=C3)C=C2.[Zn+2]. The minimum absolute atomic E-state index is 0. The number of thiol groups is 1. The van der Waals surface area contributed by atoms with Gasteiger partial charge in [-0.05, 0) is 84.4 Å². The van der Waals surface area contributed by atoms with Gasteiger partial charge in [-0.15, -0.1) is 34.7 Å². The maximum Gasteiger partial charge on any atom is 2.00 e. The molecule has 6 heterocycles. The number of benzene rings is 1. The number of aromatic nitrogens is 6. The molecule has 8 heteroatoms. The molecule has 0 radical (unpaired) electrons. The van der Waals surface area contributed by atoms with Gasteiger partial charge >= 0.3 is 19.5 Å². The van der Waals surface area contributed by atoms with Crippen LogP contribution in [0.1, 0.15) is 112 Å². The van der Waals surface area contributed by atoms with Crippen molar-refractivity contribution in [2.24, 2.45) is 7.05 Å². The van der Waals surface area contributed by atoms with Crippen LogP contribution in [-0.4, -0.2) is 19.5 Å². The predicted octanol–water partition coefficient (Wildman–Crippen LogP) is 11.3. The van der Waals surface area contributed by atoms with E-state index in [4.69, 9.17) is 24.9 Å². The molecule has 0 saturated heterocycles. The van der Waals surface area contributed by atoms with Crippen LogP contribution in [0.3, 0.4) is 0 Å². The fraction of sp³-hybridized carbons (Fsp3) is 0.341. The maximum absolute atomic E-state index is 5.36. The summed E-state index contributed by atoms with van der Waals surface area (Å²) in [5.74, 6) is 0.849. The van der Waals surface area contributed by atoms with Crippen LogP contribution in [0.25, 0.3) is 68.9 Å². The van der Waals surface area contributed by atoms with Gasteiger partial charge in [0.15, 0.2) is 0 Å². The normalized spacial score (nSPS) is 12.1. The Labute approximate surface area is 326 Å². The molecule has 0 aliphatic carbocycles. The smallest absolute Gasteiger partial charge is 0.657 e. The van der Waals surface area contributed by atoms with Crippen LogP contribution in [0, 0.1) is 0 Å². The molecule has 0 saturated carbocycles. The first-order valence-corrected chi connectivity index (χ1v) is 19.3. The topological polar surface area (TPSA) is 71.8 Å². The summed E-state index contributed by atoms with van der Waals surface area (Å²) in [5.41, 5.74) is 12.8. The summed E-state index contributed by atoms with van der Waals surface area (Å²) in [5, 5.41) is 0. The zero-order chi connectivity index (χ0) is 35.2. The van der Waals surface area contributed by atoms with Gasteiger partial charge < -0.3 is 14.5 Å². The first kappa shape index (κ1) is 37.8. The summed E-state index contributed by atoms with van der Waals surface area (Å²) in [6.07, 6.45) is 26.3. The van der Waals surface area contributed by atoms with Gasteiger partial charge in [0, 0.05) is 29.9 Å². The second-order valence-corrected chi connectivity index (χ2v) is 14.3. The van der Waals surface area contributed by atoms with Crippen molar-refractivity contribution in [2.45, 2.75) is 95.8 Å². The molecule has 6 nitrogen and oxygen atoms in total. The fourth-order valence-corrected chi connectivity index (χ4v) is 7.43. The Kier molecular flexibility index (Phi) is 12.8. The molecule has 52 heavy (non-hydrogen) atoms.